The first kappa shape index (κ1) is 43.7. The summed E-state index contributed by atoms with van der Waals surface area (Å²) in [6.45, 7) is 10.3. The van der Waals surface area contributed by atoms with E-state index in [2.05, 4.69) is 17.6 Å². The molecule has 5 aliphatic rings. The van der Waals surface area contributed by atoms with Crippen LogP contribution in [0.1, 0.15) is 105 Å². The number of aromatic nitrogens is 2. The van der Waals surface area contributed by atoms with Gasteiger partial charge in [-0.25, -0.2) is 32.0 Å². The Labute approximate surface area is 349 Å². The number of halogens is 2. The van der Waals surface area contributed by atoms with E-state index >= 15 is 0 Å². The number of nitrogens with one attached hydrogen (secondary N) is 3. The molecule has 4 amide bonds. The Morgan fingerprint density at radius 1 is 1.03 bits per heavy atom. The van der Waals surface area contributed by atoms with Crippen LogP contribution in [0.15, 0.2) is 18.2 Å². The van der Waals surface area contributed by atoms with Gasteiger partial charge < -0.3 is 29.7 Å². The fourth-order valence-corrected chi connectivity index (χ4v) is 10.5. The standard InChI is InChI=1S/C42H58F2N6O9S/c1-22-17-24-11-9-8-10-12-28-36(46-29-19-25(57-7)13-14-27(29)45-28)58-31-21-50(37(52)33(40(3,4)5)47-39(54)59-30(24)18-22)32(23(31)2)35(51)48-42(20-26(42)34(43)44)38(53)49-60(55,56)41(6)15-16-41/h13-14,19,22-24,26,30-34H,8-12,15-18,20-21H2,1-7H3,(H,47,54)(H,48,51)(H,49,53)/t22-,23-,24-,26+,30-,31+,32+,33-,42-/m1/s1. The van der Waals surface area contributed by atoms with Crippen LogP contribution in [-0.2, 0) is 35.6 Å². The van der Waals surface area contributed by atoms with E-state index in [0.29, 0.717) is 54.1 Å². The van der Waals surface area contributed by atoms with Gasteiger partial charge in [-0.3, -0.25) is 19.1 Å². The SMILES string of the molecule is COc1ccc2nc3c(nc2c1)O[C@H]1CN(C(=O)[C@H](C(C)(C)C)NC(=O)O[C@@H]2C[C@H](C)C[C@H]2CCCCC3)[C@H](C(=O)N[C@]2(C(=O)NS(=O)(=O)C3(C)CC3)C[C@H]2C(F)F)[C@@H]1C. The average Bonchev–Trinajstić information content (AvgIpc) is 4.04. The monoisotopic (exact) mass is 860 g/mol. The first-order chi connectivity index (χ1) is 28.2. The summed E-state index contributed by atoms with van der Waals surface area (Å²) >= 11 is 0. The van der Waals surface area contributed by atoms with Crippen molar-refractivity contribution in [2.24, 2.45) is 29.1 Å². The predicted octanol–water partition coefficient (Wildman–Crippen LogP) is 5.04. The molecule has 330 valence electrons. The fourth-order valence-electron chi connectivity index (χ4n) is 9.20. The Kier molecular flexibility index (Phi) is 11.8. The number of nitrogens with zero attached hydrogens (tertiary/aromatic N) is 3. The highest BCUT2D eigenvalue weighted by atomic mass is 32.2. The summed E-state index contributed by atoms with van der Waals surface area (Å²) in [6.07, 6.45) is 0.490. The Morgan fingerprint density at radius 3 is 2.42 bits per heavy atom. The van der Waals surface area contributed by atoms with E-state index in [1.54, 1.807) is 45.9 Å². The number of benzene rings is 1. The molecule has 4 fully saturated rings. The van der Waals surface area contributed by atoms with E-state index in [1.165, 1.54) is 18.9 Å². The quantitative estimate of drug-likeness (QED) is 0.338. The van der Waals surface area contributed by atoms with Gasteiger partial charge >= 0.3 is 6.09 Å². The summed E-state index contributed by atoms with van der Waals surface area (Å²) in [5, 5.41) is 5.29. The molecule has 1 aromatic carbocycles. The van der Waals surface area contributed by atoms with E-state index in [-0.39, 0.29) is 24.4 Å². The normalized spacial score (nSPS) is 32.1. The molecule has 18 heteroatoms. The number of hydrogen-bond donors (Lipinski definition) is 3. The van der Waals surface area contributed by atoms with Gasteiger partial charge in [-0.15, -0.1) is 0 Å². The molecule has 0 unspecified atom stereocenters. The summed E-state index contributed by atoms with van der Waals surface area (Å²) in [5.41, 5.74) is -1.46. The second-order valence-electron chi connectivity index (χ2n) is 19.1. The van der Waals surface area contributed by atoms with Crippen LogP contribution in [0.5, 0.6) is 11.6 Å². The highest BCUT2D eigenvalue weighted by molar-refractivity contribution is 7.91. The van der Waals surface area contributed by atoms with Crippen LogP contribution >= 0.6 is 0 Å². The molecule has 3 saturated carbocycles. The molecular formula is C42H58F2N6O9S. The Bertz CT molecular complexity index is 2130. The van der Waals surface area contributed by atoms with E-state index in [4.69, 9.17) is 24.2 Å². The van der Waals surface area contributed by atoms with E-state index < -0.39 is 92.4 Å². The van der Waals surface area contributed by atoms with Crippen molar-refractivity contribution in [3.8, 4) is 11.6 Å². The van der Waals surface area contributed by atoms with Crippen LogP contribution in [-0.4, -0.2) is 102 Å². The van der Waals surface area contributed by atoms with Gasteiger partial charge in [-0.05, 0) is 87.7 Å². The predicted molar refractivity (Wildman–Crippen MR) is 216 cm³/mol. The first-order valence-corrected chi connectivity index (χ1v) is 22.6. The number of fused-ring (bicyclic) bond motifs is 5. The van der Waals surface area contributed by atoms with Crippen molar-refractivity contribution in [1.29, 1.82) is 0 Å². The van der Waals surface area contributed by atoms with Crippen molar-refractivity contribution < 1.29 is 50.6 Å². The third-order valence-corrected chi connectivity index (χ3v) is 15.6. The summed E-state index contributed by atoms with van der Waals surface area (Å²) in [4.78, 5) is 67.9. The van der Waals surface area contributed by atoms with Crippen molar-refractivity contribution in [3.05, 3.63) is 23.9 Å². The zero-order valence-corrected chi connectivity index (χ0v) is 36.2. The first-order valence-electron chi connectivity index (χ1n) is 21.1. The molecule has 15 nitrogen and oxygen atoms in total. The van der Waals surface area contributed by atoms with Gasteiger partial charge in [0.25, 0.3) is 5.91 Å². The number of amides is 4. The molecule has 1 aromatic heterocycles. The van der Waals surface area contributed by atoms with Crippen LogP contribution < -0.4 is 24.8 Å². The molecule has 3 N–H and O–H groups in total. The van der Waals surface area contributed by atoms with Crippen molar-refractivity contribution in [2.75, 3.05) is 13.7 Å². The number of rotatable bonds is 7. The zero-order chi connectivity index (χ0) is 43.5. The number of carbonyl (C=O) groups excluding carboxylic acids is 4. The third kappa shape index (κ3) is 8.58. The third-order valence-electron chi connectivity index (χ3n) is 13.4. The molecular weight excluding hydrogens is 803 g/mol. The molecule has 1 saturated heterocycles. The molecule has 3 aliphatic carbocycles. The van der Waals surface area contributed by atoms with Crippen molar-refractivity contribution >= 4 is 44.9 Å². The number of alkyl carbamates (subject to hydrolysis) is 1. The number of carbonyl (C=O) groups is 4. The van der Waals surface area contributed by atoms with Crippen LogP contribution in [0.2, 0.25) is 0 Å². The highest BCUT2D eigenvalue weighted by Gasteiger charge is 2.67. The minimum atomic E-state index is -4.25. The molecule has 3 heterocycles. The largest absolute Gasteiger partial charge is 0.497 e. The average molecular weight is 861 g/mol. The number of sulfonamides is 1. The number of aryl methyl sites for hydroxylation is 1. The van der Waals surface area contributed by atoms with Gasteiger partial charge in [0.2, 0.25) is 34.1 Å². The zero-order valence-electron chi connectivity index (χ0n) is 35.4. The molecule has 7 rings (SSSR count). The molecule has 2 aliphatic heterocycles. The highest BCUT2D eigenvalue weighted by Crippen LogP contribution is 2.50. The minimum absolute atomic E-state index is 0.141. The molecule has 0 spiro atoms. The number of ether oxygens (including phenoxy) is 3. The van der Waals surface area contributed by atoms with Crippen LogP contribution in [0.4, 0.5) is 13.6 Å². The van der Waals surface area contributed by atoms with Crippen LogP contribution in [0.3, 0.4) is 0 Å². The van der Waals surface area contributed by atoms with Gasteiger partial charge in [-0.1, -0.05) is 47.5 Å². The van der Waals surface area contributed by atoms with Gasteiger partial charge in [0, 0.05) is 12.0 Å². The Hall–Kier alpha value is -4.35. The lowest BCUT2D eigenvalue weighted by atomic mass is 9.85. The second-order valence-corrected chi connectivity index (χ2v) is 21.3. The van der Waals surface area contributed by atoms with Crippen molar-refractivity contribution in [3.63, 3.8) is 0 Å². The van der Waals surface area contributed by atoms with E-state index in [9.17, 15) is 36.4 Å². The maximum atomic E-state index is 14.9. The van der Waals surface area contributed by atoms with E-state index in [0.717, 1.165) is 32.1 Å². The lowest BCUT2D eigenvalue weighted by Crippen LogP contribution is -2.61. The number of methoxy groups -OCH3 is 1. The molecule has 60 heavy (non-hydrogen) atoms. The minimum Gasteiger partial charge on any atom is -0.497 e. The van der Waals surface area contributed by atoms with Gasteiger partial charge in [0.1, 0.15) is 41.3 Å². The van der Waals surface area contributed by atoms with Crippen molar-refractivity contribution in [1.82, 2.24) is 30.2 Å². The van der Waals surface area contributed by atoms with E-state index in [1.807, 2.05) is 4.72 Å². The van der Waals surface area contributed by atoms with Gasteiger partial charge in [-0.2, -0.15) is 0 Å². The summed E-state index contributed by atoms with van der Waals surface area (Å²) < 4.78 is 73.7. The topological polar surface area (TPSA) is 195 Å². The maximum absolute atomic E-state index is 14.9. The molecule has 2 aromatic rings. The molecule has 9 atom stereocenters. The smallest absolute Gasteiger partial charge is 0.408 e. The van der Waals surface area contributed by atoms with Crippen LogP contribution in [0.25, 0.3) is 11.0 Å². The summed E-state index contributed by atoms with van der Waals surface area (Å²) in [7, 11) is -2.71. The summed E-state index contributed by atoms with van der Waals surface area (Å²) in [6, 6.07) is 2.69. The second kappa shape index (κ2) is 16.2. The maximum Gasteiger partial charge on any atom is 0.408 e. The summed E-state index contributed by atoms with van der Waals surface area (Å²) in [5.74, 6) is -4.14. The molecule has 0 radical (unpaired) electrons. The van der Waals surface area contributed by atoms with Crippen molar-refractivity contribution in [2.45, 2.75) is 147 Å². The van der Waals surface area contributed by atoms with Crippen LogP contribution in [0, 0.1) is 29.1 Å². The Morgan fingerprint density at radius 2 is 1.77 bits per heavy atom. The molecule has 2 bridgehead atoms. The fraction of sp³-hybridized carbons (Fsp3) is 0.714. The lowest BCUT2D eigenvalue weighted by molar-refractivity contribution is -0.143. The lowest BCUT2D eigenvalue weighted by Gasteiger charge is -2.36. The van der Waals surface area contributed by atoms with Gasteiger partial charge in [0.15, 0.2) is 0 Å². The van der Waals surface area contributed by atoms with Gasteiger partial charge in [0.05, 0.1) is 35.4 Å². The Balaban J connectivity index is 1.26. The number of alkyl halides is 2. The number of hydrogen-bond acceptors (Lipinski definition) is 11.